The molecule has 144 valence electrons. The van der Waals surface area contributed by atoms with Crippen molar-refractivity contribution in [1.29, 1.82) is 0 Å². The Morgan fingerprint density at radius 1 is 1.07 bits per heavy atom. The van der Waals surface area contributed by atoms with Crippen LogP contribution in [0, 0.1) is 6.92 Å². The summed E-state index contributed by atoms with van der Waals surface area (Å²) in [6.45, 7) is 6.45. The van der Waals surface area contributed by atoms with Crippen molar-refractivity contribution < 1.29 is 13.2 Å². The van der Waals surface area contributed by atoms with E-state index < -0.39 is 10.0 Å². The number of carbonyl (C=O) groups excluding carboxylic acids is 1. The molecule has 2 N–H and O–H groups in total. The molecule has 1 aliphatic rings. The van der Waals surface area contributed by atoms with E-state index >= 15 is 0 Å². The van der Waals surface area contributed by atoms with Crippen LogP contribution in [0.2, 0.25) is 0 Å². The predicted octanol–water partition coefficient (Wildman–Crippen LogP) is 3.27. The molecule has 7 heteroatoms. The molecule has 2 aromatic carbocycles. The Kier molecular flexibility index (Phi) is 5.53. The molecule has 0 saturated carbocycles. The van der Waals surface area contributed by atoms with Crippen molar-refractivity contribution in [3.63, 3.8) is 0 Å². The molecule has 0 aliphatic carbocycles. The molecule has 0 fully saturated rings. The van der Waals surface area contributed by atoms with Gasteiger partial charge in [-0.05, 0) is 62.6 Å². The number of urea groups is 1. The Hall–Kier alpha value is -2.38. The minimum atomic E-state index is -3.54. The number of benzene rings is 2. The largest absolute Gasteiger partial charge is 0.336 e. The number of fused-ring (bicyclic) bond motifs is 1. The topological polar surface area (TPSA) is 78.5 Å². The zero-order chi connectivity index (χ0) is 19.6. The molecule has 0 spiro atoms. The Morgan fingerprint density at radius 2 is 1.78 bits per heavy atom. The van der Waals surface area contributed by atoms with Crippen molar-refractivity contribution in [2.45, 2.75) is 44.7 Å². The van der Waals surface area contributed by atoms with E-state index in [0.29, 0.717) is 30.1 Å². The molecular weight excluding hydrogens is 362 g/mol. The molecule has 1 heterocycles. The second-order valence-electron chi connectivity index (χ2n) is 7.14. The number of carbonyl (C=O) groups is 1. The van der Waals surface area contributed by atoms with E-state index in [1.54, 1.807) is 24.3 Å². The normalized spacial score (nSPS) is 14.7. The summed E-state index contributed by atoms with van der Waals surface area (Å²) in [4.78, 5) is 12.2. The van der Waals surface area contributed by atoms with Gasteiger partial charge in [0.2, 0.25) is 10.0 Å². The number of nitrogens with one attached hydrogen (secondary N) is 2. The molecular formula is C20H25N3O3S. The number of rotatable bonds is 4. The maximum atomic E-state index is 12.9. The SMILES string of the molecule is Cc1ccc(S(=O)(=O)N2CCc3ccc(NC(=O)NC(C)C)cc3C2)cc1. The van der Waals surface area contributed by atoms with Gasteiger partial charge in [-0.3, -0.25) is 0 Å². The summed E-state index contributed by atoms with van der Waals surface area (Å²) in [5.41, 5.74) is 3.70. The summed E-state index contributed by atoms with van der Waals surface area (Å²) in [5.74, 6) is 0. The van der Waals surface area contributed by atoms with Crippen LogP contribution in [0.3, 0.4) is 0 Å². The lowest BCUT2D eigenvalue weighted by Crippen LogP contribution is -2.36. The van der Waals surface area contributed by atoms with E-state index in [0.717, 1.165) is 16.7 Å². The average Bonchev–Trinajstić information content (AvgIpc) is 2.60. The van der Waals surface area contributed by atoms with E-state index in [9.17, 15) is 13.2 Å². The van der Waals surface area contributed by atoms with Gasteiger partial charge < -0.3 is 10.6 Å². The first-order valence-electron chi connectivity index (χ1n) is 9.02. The zero-order valence-corrected chi connectivity index (χ0v) is 16.6. The summed E-state index contributed by atoms with van der Waals surface area (Å²) in [6.07, 6.45) is 0.652. The van der Waals surface area contributed by atoms with Crippen molar-refractivity contribution in [3.8, 4) is 0 Å². The Labute approximate surface area is 160 Å². The molecule has 0 bridgehead atoms. The summed E-state index contributed by atoms with van der Waals surface area (Å²) in [5, 5.41) is 5.57. The van der Waals surface area contributed by atoms with Gasteiger partial charge in [-0.2, -0.15) is 4.31 Å². The van der Waals surface area contributed by atoms with Crippen LogP contribution in [-0.2, 0) is 23.0 Å². The van der Waals surface area contributed by atoms with Crippen LogP contribution >= 0.6 is 0 Å². The lowest BCUT2D eigenvalue weighted by Gasteiger charge is -2.28. The fourth-order valence-electron chi connectivity index (χ4n) is 3.10. The van der Waals surface area contributed by atoms with Crippen molar-refractivity contribution in [2.75, 3.05) is 11.9 Å². The highest BCUT2D eigenvalue weighted by Gasteiger charge is 2.28. The first kappa shape index (κ1) is 19.4. The molecule has 0 unspecified atom stereocenters. The second kappa shape index (κ2) is 7.70. The van der Waals surface area contributed by atoms with Gasteiger partial charge in [-0.1, -0.05) is 23.8 Å². The average molecular weight is 388 g/mol. The lowest BCUT2D eigenvalue weighted by molar-refractivity contribution is 0.250. The molecule has 0 aromatic heterocycles. The molecule has 0 atom stereocenters. The van der Waals surface area contributed by atoms with E-state index in [-0.39, 0.29) is 12.1 Å². The highest BCUT2D eigenvalue weighted by molar-refractivity contribution is 7.89. The maximum Gasteiger partial charge on any atom is 0.319 e. The predicted molar refractivity (Wildman–Crippen MR) is 106 cm³/mol. The van der Waals surface area contributed by atoms with Crippen molar-refractivity contribution in [3.05, 3.63) is 59.2 Å². The third-order valence-corrected chi connectivity index (χ3v) is 6.38. The van der Waals surface area contributed by atoms with Crippen molar-refractivity contribution in [1.82, 2.24) is 9.62 Å². The summed E-state index contributed by atoms with van der Waals surface area (Å²) < 4.78 is 27.4. The van der Waals surface area contributed by atoms with Crippen LogP contribution in [-0.4, -0.2) is 31.3 Å². The van der Waals surface area contributed by atoms with E-state index in [1.807, 2.05) is 39.0 Å². The standard InChI is InChI=1S/C20H25N3O3S/c1-14(2)21-20(24)22-18-7-6-16-10-11-23(13-17(16)12-18)27(25,26)19-8-4-15(3)5-9-19/h4-9,12,14H,10-11,13H2,1-3H3,(H2,21,22,24). The summed E-state index contributed by atoms with van der Waals surface area (Å²) in [7, 11) is -3.54. The fourth-order valence-corrected chi connectivity index (χ4v) is 4.52. The quantitative estimate of drug-likeness (QED) is 0.845. The molecule has 2 aromatic rings. The number of hydrogen-bond donors (Lipinski definition) is 2. The number of aryl methyl sites for hydroxylation is 1. The highest BCUT2D eigenvalue weighted by Crippen LogP contribution is 2.27. The third-order valence-electron chi connectivity index (χ3n) is 4.52. The number of sulfonamides is 1. The van der Waals surface area contributed by atoms with Crippen LogP contribution in [0.25, 0.3) is 0 Å². The number of anilines is 1. The number of hydrogen-bond acceptors (Lipinski definition) is 3. The van der Waals surface area contributed by atoms with Gasteiger partial charge in [0.1, 0.15) is 0 Å². The molecule has 0 radical (unpaired) electrons. The lowest BCUT2D eigenvalue weighted by atomic mass is 10.0. The smallest absolute Gasteiger partial charge is 0.319 e. The van der Waals surface area contributed by atoms with Crippen LogP contribution < -0.4 is 10.6 Å². The highest BCUT2D eigenvalue weighted by atomic mass is 32.2. The monoisotopic (exact) mass is 387 g/mol. The molecule has 6 nitrogen and oxygen atoms in total. The maximum absolute atomic E-state index is 12.9. The molecule has 27 heavy (non-hydrogen) atoms. The van der Waals surface area contributed by atoms with Crippen molar-refractivity contribution >= 4 is 21.7 Å². The van der Waals surface area contributed by atoms with Gasteiger partial charge in [0.05, 0.1) is 4.90 Å². The van der Waals surface area contributed by atoms with Gasteiger partial charge in [-0.15, -0.1) is 0 Å². The number of nitrogens with zero attached hydrogens (tertiary/aromatic N) is 1. The van der Waals surface area contributed by atoms with E-state index in [1.165, 1.54) is 4.31 Å². The van der Waals surface area contributed by atoms with E-state index in [2.05, 4.69) is 10.6 Å². The Balaban J connectivity index is 1.79. The Morgan fingerprint density at radius 3 is 2.44 bits per heavy atom. The summed E-state index contributed by atoms with van der Waals surface area (Å²) in [6, 6.07) is 12.3. The van der Waals surface area contributed by atoms with Gasteiger partial charge in [0.15, 0.2) is 0 Å². The van der Waals surface area contributed by atoms with Crippen LogP contribution in [0.4, 0.5) is 10.5 Å². The minimum Gasteiger partial charge on any atom is -0.336 e. The molecule has 1 aliphatic heterocycles. The van der Waals surface area contributed by atoms with Gasteiger partial charge in [0.25, 0.3) is 0 Å². The first-order valence-corrected chi connectivity index (χ1v) is 10.5. The molecule has 2 amide bonds. The van der Waals surface area contributed by atoms with Gasteiger partial charge in [0, 0.05) is 24.8 Å². The van der Waals surface area contributed by atoms with Crippen LogP contribution in [0.15, 0.2) is 47.4 Å². The number of amides is 2. The molecule has 3 rings (SSSR count). The van der Waals surface area contributed by atoms with Crippen LogP contribution in [0.1, 0.15) is 30.5 Å². The minimum absolute atomic E-state index is 0.0396. The third kappa shape index (κ3) is 4.48. The van der Waals surface area contributed by atoms with E-state index in [4.69, 9.17) is 0 Å². The second-order valence-corrected chi connectivity index (χ2v) is 9.08. The zero-order valence-electron chi connectivity index (χ0n) is 15.8. The Bertz CT molecular complexity index is 937. The molecule has 0 saturated heterocycles. The summed E-state index contributed by atoms with van der Waals surface area (Å²) >= 11 is 0. The first-order chi connectivity index (χ1) is 12.8. The fraction of sp³-hybridized carbons (Fsp3) is 0.350. The van der Waals surface area contributed by atoms with Gasteiger partial charge >= 0.3 is 6.03 Å². The van der Waals surface area contributed by atoms with Gasteiger partial charge in [-0.25, -0.2) is 13.2 Å². The van der Waals surface area contributed by atoms with Crippen LogP contribution in [0.5, 0.6) is 0 Å². The van der Waals surface area contributed by atoms with Crippen molar-refractivity contribution in [2.24, 2.45) is 0 Å².